The maximum atomic E-state index is 14.0. The normalized spacial score (nSPS) is 15.6. The van der Waals surface area contributed by atoms with E-state index in [9.17, 15) is 13.6 Å². The van der Waals surface area contributed by atoms with Gasteiger partial charge in [-0.2, -0.15) is 0 Å². The molecule has 2 N–H and O–H groups in total. The summed E-state index contributed by atoms with van der Waals surface area (Å²) in [7, 11) is 0. The molecule has 7 heteroatoms. The van der Waals surface area contributed by atoms with E-state index in [-0.39, 0.29) is 17.6 Å². The second kappa shape index (κ2) is 8.83. The fourth-order valence-corrected chi connectivity index (χ4v) is 3.91. The van der Waals surface area contributed by atoms with E-state index < -0.39 is 11.8 Å². The molecule has 2 aromatic carbocycles. The second-order valence-corrected chi connectivity index (χ2v) is 7.57. The van der Waals surface area contributed by atoms with E-state index in [1.807, 2.05) is 6.20 Å². The van der Waals surface area contributed by atoms with Crippen molar-refractivity contribution >= 4 is 16.9 Å². The highest BCUT2D eigenvalue weighted by atomic mass is 19.1. The van der Waals surface area contributed by atoms with Crippen LogP contribution in [0.3, 0.4) is 0 Å². The number of nitrogens with one attached hydrogen (secondary N) is 2. The van der Waals surface area contributed by atoms with Crippen LogP contribution in [-0.4, -0.2) is 30.1 Å². The second-order valence-electron chi connectivity index (χ2n) is 7.57. The lowest BCUT2D eigenvalue weighted by Gasteiger charge is -2.27. The van der Waals surface area contributed by atoms with Crippen LogP contribution in [-0.2, 0) is 17.6 Å². The SMILES string of the molecule is CC(=O)Oc1ccc(F)c2c1C[C@H](NCCCCc1c[nH]c3ccc(F)cc13)CO2. The number of ether oxygens (including phenoxy) is 2. The molecule has 1 atom stereocenters. The molecule has 0 aliphatic carbocycles. The number of hydrogen-bond acceptors (Lipinski definition) is 4. The number of aromatic amines is 1. The molecule has 1 aromatic heterocycles. The average Bonchev–Trinajstić information content (AvgIpc) is 3.12. The molecule has 3 aromatic rings. The van der Waals surface area contributed by atoms with Gasteiger partial charge in [0.25, 0.3) is 0 Å². The van der Waals surface area contributed by atoms with Gasteiger partial charge in [0, 0.05) is 35.6 Å². The van der Waals surface area contributed by atoms with Crippen LogP contribution in [0.2, 0.25) is 0 Å². The van der Waals surface area contributed by atoms with E-state index in [1.54, 1.807) is 12.1 Å². The summed E-state index contributed by atoms with van der Waals surface area (Å²) in [4.78, 5) is 14.5. The standard InChI is InChI=1S/C23H24F2N2O3/c1-14(28)30-22-8-6-20(25)23-19(22)11-17(13-29-23)26-9-3-2-4-15-12-27-21-7-5-16(24)10-18(15)21/h5-8,10,12,17,26-27H,2-4,9,11,13H2,1H3/t17-/m0/s1. The van der Waals surface area contributed by atoms with Gasteiger partial charge in [-0.05, 0) is 68.1 Å². The number of rotatable bonds is 7. The first-order chi connectivity index (χ1) is 14.5. The van der Waals surface area contributed by atoms with Crippen molar-refractivity contribution < 1.29 is 23.0 Å². The predicted molar refractivity (Wildman–Crippen MR) is 110 cm³/mol. The lowest BCUT2D eigenvalue weighted by molar-refractivity contribution is -0.131. The molecule has 5 nitrogen and oxygen atoms in total. The Morgan fingerprint density at radius 2 is 2.13 bits per heavy atom. The fraction of sp³-hybridized carbons (Fsp3) is 0.348. The molecule has 4 rings (SSSR count). The van der Waals surface area contributed by atoms with Gasteiger partial charge in [0.2, 0.25) is 0 Å². The number of carbonyl (C=O) groups excluding carboxylic acids is 1. The highest BCUT2D eigenvalue weighted by molar-refractivity contribution is 5.83. The zero-order valence-corrected chi connectivity index (χ0v) is 16.8. The van der Waals surface area contributed by atoms with Crippen molar-refractivity contribution in [2.45, 2.75) is 38.6 Å². The Labute approximate surface area is 173 Å². The average molecular weight is 414 g/mol. The first-order valence-electron chi connectivity index (χ1n) is 10.1. The zero-order valence-electron chi connectivity index (χ0n) is 16.8. The molecule has 0 unspecified atom stereocenters. The summed E-state index contributed by atoms with van der Waals surface area (Å²) < 4.78 is 38.3. The lowest BCUT2D eigenvalue weighted by atomic mass is 10.0. The molecule has 0 fully saturated rings. The molecule has 0 bridgehead atoms. The van der Waals surface area contributed by atoms with E-state index in [2.05, 4.69) is 10.3 Å². The number of hydrogen-bond donors (Lipinski definition) is 2. The van der Waals surface area contributed by atoms with Crippen LogP contribution in [0.25, 0.3) is 10.9 Å². The number of esters is 1. The Hall–Kier alpha value is -2.93. The maximum absolute atomic E-state index is 14.0. The maximum Gasteiger partial charge on any atom is 0.308 e. The van der Waals surface area contributed by atoms with Crippen LogP contribution in [0.1, 0.15) is 30.9 Å². The molecule has 0 spiro atoms. The molecule has 0 amide bonds. The smallest absolute Gasteiger partial charge is 0.308 e. The molecule has 0 saturated carbocycles. The van der Waals surface area contributed by atoms with Crippen LogP contribution in [0.15, 0.2) is 36.5 Å². The molecule has 2 heterocycles. The number of benzene rings is 2. The quantitative estimate of drug-likeness (QED) is 0.344. The summed E-state index contributed by atoms with van der Waals surface area (Å²) in [6, 6.07) is 7.50. The summed E-state index contributed by atoms with van der Waals surface area (Å²) in [6.07, 6.45) is 5.21. The molecule has 30 heavy (non-hydrogen) atoms. The number of unbranched alkanes of at least 4 members (excludes halogenated alkanes) is 1. The van der Waals surface area contributed by atoms with Crippen molar-refractivity contribution in [1.29, 1.82) is 0 Å². The number of halogens is 2. The Balaban J connectivity index is 1.29. The zero-order chi connectivity index (χ0) is 21.1. The van der Waals surface area contributed by atoms with E-state index in [1.165, 1.54) is 25.1 Å². The predicted octanol–water partition coefficient (Wildman–Crippen LogP) is 4.29. The minimum absolute atomic E-state index is 0.00999. The number of carbonyl (C=O) groups is 1. The third kappa shape index (κ3) is 4.46. The summed E-state index contributed by atoms with van der Waals surface area (Å²) in [5.74, 6) is -0.618. The molecule has 1 aliphatic rings. The van der Waals surface area contributed by atoms with Crippen molar-refractivity contribution in [3.05, 3.63) is 59.3 Å². The Kier molecular flexibility index (Phi) is 5.99. The van der Waals surface area contributed by atoms with Crippen LogP contribution in [0.4, 0.5) is 8.78 Å². The number of fused-ring (bicyclic) bond motifs is 2. The highest BCUT2D eigenvalue weighted by Gasteiger charge is 2.26. The monoisotopic (exact) mass is 414 g/mol. The fourth-order valence-electron chi connectivity index (χ4n) is 3.91. The molecular weight excluding hydrogens is 390 g/mol. The first-order valence-corrected chi connectivity index (χ1v) is 10.1. The van der Waals surface area contributed by atoms with Crippen LogP contribution >= 0.6 is 0 Å². The van der Waals surface area contributed by atoms with Crippen molar-refractivity contribution in [3.8, 4) is 11.5 Å². The van der Waals surface area contributed by atoms with Gasteiger partial charge in [0.1, 0.15) is 18.2 Å². The molecular formula is C23H24F2N2O3. The lowest BCUT2D eigenvalue weighted by Crippen LogP contribution is -2.40. The van der Waals surface area contributed by atoms with E-state index in [0.29, 0.717) is 24.3 Å². The van der Waals surface area contributed by atoms with Gasteiger partial charge in [0.15, 0.2) is 11.6 Å². The largest absolute Gasteiger partial charge is 0.488 e. The summed E-state index contributed by atoms with van der Waals surface area (Å²) >= 11 is 0. The van der Waals surface area contributed by atoms with E-state index in [0.717, 1.165) is 42.3 Å². The first kappa shape index (κ1) is 20.3. The van der Waals surface area contributed by atoms with Crippen LogP contribution in [0, 0.1) is 11.6 Å². The van der Waals surface area contributed by atoms with Crippen LogP contribution in [0.5, 0.6) is 11.5 Å². The van der Waals surface area contributed by atoms with E-state index >= 15 is 0 Å². The number of aryl methyl sites for hydroxylation is 1. The topological polar surface area (TPSA) is 63.3 Å². The van der Waals surface area contributed by atoms with Gasteiger partial charge in [-0.25, -0.2) is 8.78 Å². The van der Waals surface area contributed by atoms with Gasteiger partial charge in [-0.1, -0.05) is 0 Å². The highest BCUT2D eigenvalue weighted by Crippen LogP contribution is 2.35. The summed E-state index contributed by atoms with van der Waals surface area (Å²) in [6.45, 7) is 2.45. The van der Waals surface area contributed by atoms with Crippen molar-refractivity contribution in [2.75, 3.05) is 13.2 Å². The third-order valence-corrected chi connectivity index (χ3v) is 5.34. The minimum atomic E-state index is -0.450. The Morgan fingerprint density at radius 1 is 1.27 bits per heavy atom. The molecule has 1 aliphatic heterocycles. The van der Waals surface area contributed by atoms with Gasteiger partial charge in [-0.3, -0.25) is 4.79 Å². The van der Waals surface area contributed by atoms with Gasteiger partial charge >= 0.3 is 5.97 Å². The number of H-pyrrole nitrogens is 1. The summed E-state index contributed by atoms with van der Waals surface area (Å²) in [5, 5.41) is 4.36. The van der Waals surface area contributed by atoms with Crippen molar-refractivity contribution in [3.63, 3.8) is 0 Å². The van der Waals surface area contributed by atoms with E-state index in [4.69, 9.17) is 9.47 Å². The minimum Gasteiger partial charge on any atom is -0.488 e. The molecule has 0 saturated heterocycles. The van der Waals surface area contributed by atoms with Crippen molar-refractivity contribution in [1.82, 2.24) is 10.3 Å². The Morgan fingerprint density at radius 3 is 2.97 bits per heavy atom. The van der Waals surface area contributed by atoms with Crippen LogP contribution < -0.4 is 14.8 Å². The van der Waals surface area contributed by atoms with Gasteiger partial charge in [-0.15, -0.1) is 0 Å². The number of aromatic nitrogens is 1. The Bertz CT molecular complexity index is 1060. The third-order valence-electron chi connectivity index (χ3n) is 5.34. The molecule has 158 valence electrons. The van der Waals surface area contributed by atoms with Crippen molar-refractivity contribution in [2.24, 2.45) is 0 Å². The van der Waals surface area contributed by atoms with Gasteiger partial charge < -0.3 is 19.8 Å². The van der Waals surface area contributed by atoms with Gasteiger partial charge in [0.05, 0.1) is 0 Å². The summed E-state index contributed by atoms with van der Waals surface area (Å²) in [5.41, 5.74) is 2.63. The molecule has 0 radical (unpaired) electrons.